The molecule has 0 bridgehead atoms. The monoisotopic (exact) mass is 441 g/mol. The zero-order valence-corrected chi connectivity index (χ0v) is 16.7. The van der Waals surface area contributed by atoms with Gasteiger partial charge in [0.05, 0.1) is 12.0 Å². The van der Waals surface area contributed by atoms with E-state index in [-0.39, 0.29) is 17.0 Å². The molecule has 1 heterocycles. The molecule has 1 fully saturated rings. The first kappa shape index (κ1) is 19.1. The minimum atomic E-state index is -3.52. The molecule has 3 rings (SSSR count). The highest BCUT2D eigenvalue weighted by Gasteiger charge is 2.27. The van der Waals surface area contributed by atoms with Crippen LogP contribution in [-0.2, 0) is 10.0 Å². The van der Waals surface area contributed by atoms with Crippen LogP contribution in [0, 0.1) is 0 Å². The Bertz CT molecular complexity index is 837. The fourth-order valence-corrected chi connectivity index (χ4v) is 4.46. The predicted octanol–water partition coefficient (Wildman–Crippen LogP) is 2.92. The molecule has 0 saturated heterocycles. The van der Waals surface area contributed by atoms with Crippen molar-refractivity contribution < 1.29 is 17.9 Å². The van der Waals surface area contributed by atoms with Crippen molar-refractivity contribution in [2.75, 3.05) is 7.11 Å². The zero-order valence-electron chi connectivity index (χ0n) is 14.3. The molecule has 0 spiro atoms. The van der Waals surface area contributed by atoms with E-state index in [4.69, 9.17) is 9.47 Å². The number of nitrogens with zero attached hydrogens (tertiary/aromatic N) is 2. The first-order valence-electron chi connectivity index (χ1n) is 8.27. The SMILES string of the molecule is COc1nccnc1OC1CCC(NS(=O)(=O)c2ccc(Br)cc2)CC1. The van der Waals surface area contributed by atoms with Gasteiger partial charge in [-0.1, -0.05) is 15.9 Å². The number of methoxy groups -OCH3 is 1. The first-order valence-corrected chi connectivity index (χ1v) is 10.5. The van der Waals surface area contributed by atoms with Crippen LogP contribution in [0.5, 0.6) is 11.8 Å². The van der Waals surface area contributed by atoms with E-state index >= 15 is 0 Å². The van der Waals surface area contributed by atoms with Crippen LogP contribution in [0.2, 0.25) is 0 Å². The summed E-state index contributed by atoms with van der Waals surface area (Å²) in [7, 11) is -2.00. The largest absolute Gasteiger partial charge is 0.477 e. The van der Waals surface area contributed by atoms with E-state index in [0.717, 1.165) is 17.3 Å². The quantitative estimate of drug-likeness (QED) is 0.740. The molecule has 1 saturated carbocycles. The van der Waals surface area contributed by atoms with E-state index in [0.29, 0.717) is 24.6 Å². The Labute approximate surface area is 161 Å². The van der Waals surface area contributed by atoms with Crippen molar-refractivity contribution in [3.63, 3.8) is 0 Å². The van der Waals surface area contributed by atoms with Crippen LogP contribution < -0.4 is 14.2 Å². The Hall–Kier alpha value is -1.71. The molecule has 0 aliphatic heterocycles. The number of hydrogen-bond acceptors (Lipinski definition) is 6. The summed E-state index contributed by atoms with van der Waals surface area (Å²) in [5.74, 6) is 0.722. The van der Waals surface area contributed by atoms with Crippen LogP contribution in [0.1, 0.15) is 25.7 Å². The Morgan fingerprint density at radius 2 is 1.65 bits per heavy atom. The van der Waals surface area contributed by atoms with Crippen molar-refractivity contribution in [1.82, 2.24) is 14.7 Å². The molecule has 1 N–H and O–H groups in total. The normalized spacial score (nSPS) is 20.5. The lowest BCUT2D eigenvalue weighted by Crippen LogP contribution is -2.39. The second kappa shape index (κ2) is 8.32. The topological polar surface area (TPSA) is 90.4 Å². The molecular formula is C17H20BrN3O4S. The maximum atomic E-state index is 12.5. The number of halogens is 1. The van der Waals surface area contributed by atoms with Crippen molar-refractivity contribution in [3.05, 3.63) is 41.1 Å². The molecule has 140 valence electrons. The van der Waals surface area contributed by atoms with Gasteiger partial charge in [-0.25, -0.2) is 23.1 Å². The third-order valence-corrected chi connectivity index (χ3v) is 6.29. The number of sulfonamides is 1. The summed E-state index contributed by atoms with van der Waals surface area (Å²) in [4.78, 5) is 8.47. The number of aromatic nitrogens is 2. The van der Waals surface area contributed by atoms with Crippen LogP contribution >= 0.6 is 15.9 Å². The van der Waals surface area contributed by atoms with E-state index in [1.807, 2.05) is 0 Å². The van der Waals surface area contributed by atoms with Crippen molar-refractivity contribution in [2.24, 2.45) is 0 Å². The predicted molar refractivity (Wildman–Crippen MR) is 99.7 cm³/mol. The number of nitrogens with one attached hydrogen (secondary N) is 1. The average molecular weight is 442 g/mol. The lowest BCUT2D eigenvalue weighted by atomic mass is 9.94. The molecule has 26 heavy (non-hydrogen) atoms. The summed E-state index contributed by atoms with van der Waals surface area (Å²) >= 11 is 3.31. The van der Waals surface area contributed by atoms with Gasteiger partial charge in [0.15, 0.2) is 0 Å². The van der Waals surface area contributed by atoms with Gasteiger partial charge in [0.25, 0.3) is 11.8 Å². The molecule has 1 aliphatic rings. The average Bonchev–Trinajstić information content (AvgIpc) is 2.64. The third-order valence-electron chi connectivity index (χ3n) is 4.22. The van der Waals surface area contributed by atoms with Crippen molar-refractivity contribution >= 4 is 26.0 Å². The van der Waals surface area contributed by atoms with Gasteiger partial charge in [-0.2, -0.15) is 0 Å². The first-order chi connectivity index (χ1) is 12.5. The van der Waals surface area contributed by atoms with Gasteiger partial charge in [0.1, 0.15) is 6.10 Å². The van der Waals surface area contributed by atoms with Crippen molar-refractivity contribution in [3.8, 4) is 11.8 Å². The number of rotatable bonds is 6. The van der Waals surface area contributed by atoms with E-state index in [9.17, 15) is 8.42 Å². The molecular weight excluding hydrogens is 422 g/mol. The number of benzene rings is 1. The number of ether oxygens (including phenoxy) is 2. The highest BCUT2D eigenvalue weighted by Crippen LogP contribution is 2.27. The van der Waals surface area contributed by atoms with E-state index in [1.54, 1.807) is 36.7 Å². The molecule has 7 nitrogen and oxygen atoms in total. The van der Waals surface area contributed by atoms with E-state index in [1.165, 1.54) is 7.11 Å². The van der Waals surface area contributed by atoms with Gasteiger partial charge in [-0.3, -0.25) is 0 Å². The summed E-state index contributed by atoms with van der Waals surface area (Å²) in [6.07, 6.45) is 5.91. The van der Waals surface area contributed by atoms with Gasteiger partial charge in [-0.15, -0.1) is 0 Å². The fraction of sp³-hybridized carbons (Fsp3) is 0.412. The summed E-state index contributed by atoms with van der Waals surface area (Å²) < 4.78 is 39.6. The van der Waals surface area contributed by atoms with Crippen LogP contribution in [0.4, 0.5) is 0 Å². The fourth-order valence-electron chi connectivity index (χ4n) is 2.89. The molecule has 1 aromatic heterocycles. The molecule has 0 radical (unpaired) electrons. The van der Waals surface area contributed by atoms with Gasteiger partial charge in [-0.05, 0) is 49.9 Å². The smallest absolute Gasteiger partial charge is 0.278 e. The minimum Gasteiger partial charge on any atom is -0.477 e. The summed E-state index contributed by atoms with van der Waals surface area (Å²) in [5, 5.41) is 0. The van der Waals surface area contributed by atoms with E-state index < -0.39 is 10.0 Å². The Balaban J connectivity index is 1.56. The third kappa shape index (κ3) is 4.72. The van der Waals surface area contributed by atoms with Crippen LogP contribution in [0.3, 0.4) is 0 Å². The molecule has 0 unspecified atom stereocenters. The standard InChI is InChI=1S/C17H20BrN3O4S/c1-24-16-17(20-11-10-19-16)25-14-6-4-13(5-7-14)21-26(22,23)15-8-2-12(18)3-9-15/h2-3,8-11,13-14,21H,4-7H2,1H3. The van der Waals surface area contributed by atoms with Gasteiger partial charge < -0.3 is 9.47 Å². The maximum Gasteiger partial charge on any atom is 0.278 e. The van der Waals surface area contributed by atoms with Crippen LogP contribution in [-0.4, -0.2) is 37.6 Å². The van der Waals surface area contributed by atoms with E-state index in [2.05, 4.69) is 30.6 Å². The highest BCUT2D eigenvalue weighted by atomic mass is 79.9. The maximum absolute atomic E-state index is 12.5. The molecule has 2 aromatic rings. The lowest BCUT2D eigenvalue weighted by Gasteiger charge is -2.29. The molecule has 0 atom stereocenters. The summed E-state index contributed by atoms with van der Waals surface area (Å²) in [5.41, 5.74) is 0. The van der Waals surface area contributed by atoms with Crippen LogP contribution in [0.25, 0.3) is 0 Å². The van der Waals surface area contributed by atoms with Gasteiger partial charge in [0, 0.05) is 22.9 Å². The molecule has 9 heteroatoms. The van der Waals surface area contributed by atoms with Crippen molar-refractivity contribution in [2.45, 2.75) is 42.7 Å². The second-order valence-corrected chi connectivity index (χ2v) is 8.67. The summed E-state index contributed by atoms with van der Waals surface area (Å²) in [6, 6.07) is 6.50. The van der Waals surface area contributed by atoms with Crippen molar-refractivity contribution in [1.29, 1.82) is 0 Å². The Morgan fingerprint density at radius 1 is 1.04 bits per heavy atom. The molecule has 1 aliphatic carbocycles. The zero-order chi connectivity index (χ0) is 18.6. The minimum absolute atomic E-state index is 0.0333. The second-order valence-electron chi connectivity index (χ2n) is 6.04. The van der Waals surface area contributed by atoms with Gasteiger partial charge >= 0.3 is 0 Å². The van der Waals surface area contributed by atoms with Gasteiger partial charge in [0.2, 0.25) is 10.0 Å². The Kier molecular flexibility index (Phi) is 6.10. The van der Waals surface area contributed by atoms with Crippen LogP contribution in [0.15, 0.2) is 46.0 Å². The molecule has 0 amide bonds. The number of hydrogen-bond donors (Lipinski definition) is 1. The molecule has 1 aromatic carbocycles. The lowest BCUT2D eigenvalue weighted by molar-refractivity contribution is 0.132. The summed E-state index contributed by atoms with van der Waals surface area (Å²) in [6.45, 7) is 0. The highest BCUT2D eigenvalue weighted by molar-refractivity contribution is 9.10. The Morgan fingerprint density at radius 3 is 2.27 bits per heavy atom.